The Kier molecular flexibility index (Phi) is 3.64. The number of carbonyl (C=O) groups excluding carboxylic acids is 1. The van der Waals surface area contributed by atoms with Crippen molar-refractivity contribution < 1.29 is 14.6 Å². The predicted octanol–water partition coefficient (Wildman–Crippen LogP) is -2.12. The van der Waals surface area contributed by atoms with Crippen molar-refractivity contribution in [2.24, 2.45) is 0 Å². The van der Waals surface area contributed by atoms with Gasteiger partial charge in [-0.25, -0.2) is 0 Å². The second-order valence-corrected chi connectivity index (χ2v) is 2.05. The molecule has 0 amide bonds. The van der Waals surface area contributed by atoms with Crippen molar-refractivity contribution in [1.82, 2.24) is 4.90 Å². The van der Waals surface area contributed by atoms with Gasteiger partial charge in [-0.2, -0.15) is 5.26 Å². The molecule has 0 aromatic rings. The van der Waals surface area contributed by atoms with E-state index in [9.17, 15) is 4.79 Å². The van der Waals surface area contributed by atoms with Crippen LogP contribution in [0.3, 0.4) is 0 Å². The van der Waals surface area contributed by atoms with Crippen molar-refractivity contribution in [3.8, 4) is 6.19 Å². The lowest BCUT2D eigenvalue weighted by Gasteiger charge is -2.28. The van der Waals surface area contributed by atoms with Crippen molar-refractivity contribution in [1.29, 1.82) is 5.26 Å². The van der Waals surface area contributed by atoms with Gasteiger partial charge in [-0.05, 0) is 0 Å². The number of carbonyl (C=O) groups is 1. The van der Waals surface area contributed by atoms with Crippen LogP contribution in [0.15, 0.2) is 0 Å². The third kappa shape index (κ3) is 3.30. The first kappa shape index (κ1) is 10.8. The van der Waals surface area contributed by atoms with Crippen molar-refractivity contribution in [3.63, 3.8) is 0 Å². The first-order valence-corrected chi connectivity index (χ1v) is 2.96. The maximum absolute atomic E-state index is 10.6. The van der Waals surface area contributed by atoms with E-state index in [-0.39, 0.29) is 0 Å². The van der Waals surface area contributed by atoms with E-state index in [0.29, 0.717) is 4.90 Å². The molecule has 0 spiro atoms. The standard InChI is InChI=1S/C5H6B2N2O3/c1-12-4(10)2-9(3-8)5(6,7)11/h11H,2H2,1H3. The van der Waals surface area contributed by atoms with Gasteiger partial charge in [0.1, 0.15) is 22.2 Å². The van der Waals surface area contributed by atoms with Gasteiger partial charge in [0.25, 0.3) is 0 Å². The Morgan fingerprint density at radius 3 is 2.58 bits per heavy atom. The maximum atomic E-state index is 10.6. The van der Waals surface area contributed by atoms with Crippen LogP contribution in [0.25, 0.3) is 0 Å². The summed E-state index contributed by atoms with van der Waals surface area (Å²) < 4.78 is 4.22. The summed E-state index contributed by atoms with van der Waals surface area (Å²) in [5.41, 5.74) is -2.33. The SMILES string of the molecule is [B]C([B])(O)N(C#N)CC(=O)OC. The minimum absolute atomic E-state index is 0.485. The summed E-state index contributed by atoms with van der Waals surface area (Å²) in [6, 6.07) is 0. The molecule has 0 aliphatic carbocycles. The van der Waals surface area contributed by atoms with E-state index >= 15 is 0 Å². The fourth-order valence-corrected chi connectivity index (χ4v) is 0.436. The summed E-state index contributed by atoms with van der Waals surface area (Å²) in [7, 11) is 11.0. The smallest absolute Gasteiger partial charge is 0.326 e. The zero-order valence-corrected chi connectivity index (χ0v) is 6.52. The van der Waals surface area contributed by atoms with Gasteiger partial charge in [0, 0.05) is 0 Å². The third-order valence-electron chi connectivity index (χ3n) is 1.07. The quantitative estimate of drug-likeness (QED) is 0.169. The highest BCUT2D eigenvalue weighted by Crippen LogP contribution is 2.00. The van der Waals surface area contributed by atoms with E-state index in [1.165, 1.54) is 6.19 Å². The van der Waals surface area contributed by atoms with Crippen LogP contribution < -0.4 is 0 Å². The fraction of sp³-hybridized carbons (Fsp3) is 0.600. The minimum atomic E-state index is -2.33. The number of aliphatic hydroxyl groups is 1. The predicted molar refractivity (Wildman–Crippen MR) is 40.8 cm³/mol. The van der Waals surface area contributed by atoms with Gasteiger partial charge >= 0.3 is 5.97 Å². The molecule has 0 aliphatic heterocycles. The molecule has 7 heteroatoms. The number of nitrogens with zero attached hydrogens (tertiary/aromatic N) is 2. The van der Waals surface area contributed by atoms with Gasteiger partial charge in [0.15, 0.2) is 6.19 Å². The Labute approximate surface area is 72.7 Å². The van der Waals surface area contributed by atoms with E-state index in [1.807, 2.05) is 0 Å². The monoisotopic (exact) mass is 164 g/mol. The molecule has 0 unspecified atom stereocenters. The molecular formula is C5H6B2N2O3. The molecule has 0 bridgehead atoms. The number of esters is 1. The number of rotatable bonds is 3. The highest BCUT2D eigenvalue weighted by atomic mass is 16.5. The molecule has 0 atom stereocenters. The largest absolute Gasteiger partial charge is 0.468 e. The van der Waals surface area contributed by atoms with Gasteiger partial charge in [0.2, 0.25) is 0 Å². The normalized spacial score (nSPS) is 10.1. The number of nitriles is 1. The minimum Gasteiger partial charge on any atom is -0.468 e. The highest BCUT2D eigenvalue weighted by Gasteiger charge is 2.23. The molecule has 0 rings (SSSR count). The van der Waals surface area contributed by atoms with Crippen molar-refractivity contribution in [2.45, 2.75) is 5.52 Å². The summed E-state index contributed by atoms with van der Waals surface area (Å²) in [6.07, 6.45) is 1.44. The van der Waals surface area contributed by atoms with E-state index in [2.05, 4.69) is 4.74 Å². The molecule has 12 heavy (non-hydrogen) atoms. The summed E-state index contributed by atoms with van der Waals surface area (Å²) >= 11 is 0. The molecule has 0 saturated heterocycles. The van der Waals surface area contributed by atoms with Gasteiger partial charge < -0.3 is 9.84 Å². The van der Waals surface area contributed by atoms with Crippen LogP contribution in [0, 0.1) is 11.5 Å². The lowest BCUT2D eigenvalue weighted by atomic mass is 9.72. The Hall–Kier alpha value is -1.15. The summed E-state index contributed by atoms with van der Waals surface area (Å²) in [6.45, 7) is -0.490. The van der Waals surface area contributed by atoms with E-state index < -0.39 is 18.0 Å². The summed E-state index contributed by atoms with van der Waals surface area (Å²) in [5.74, 6) is -0.717. The Bertz CT molecular complexity index is 208. The number of ether oxygens (including phenoxy) is 1. The molecule has 0 aromatic carbocycles. The Morgan fingerprint density at radius 1 is 1.83 bits per heavy atom. The van der Waals surface area contributed by atoms with Gasteiger partial charge in [-0.1, -0.05) is 0 Å². The van der Waals surface area contributed by atoms with Crippen molar-refractivity contribution in [3.05, 3.63) is 0 Å². The van der Waals surface area contributed by atoms with Crippen LogP contribution >= 0.6 is 0 Å². The molecule has 4 radical (unpaired) electrons. The number of hydrogen-bond acceptors (Lipinski definition) is 5. The topological polar surface area (TPSA) is 73.6 Å². The fourth-order valence-electron chi connectivity index (χ4n) is 0.436. The van der Waals surface area contributed by atoms with Crippen LogP contribution in [0.2, 0.25) is 0 Å². The van der Waals surface area contributed by atoms with Gasteiger partial charge in [-0.15, -0.1) is 0 Å². The first-order chi connectivity index (χ1) is 5.41. The van der Waals surface area contributed by atoms with E-state index in [4.69, 9.17) is 26.1 Å². The molecule has 0 aliphatic rings. The molecular weight excluding hydrogens is 158 g/mol. The van der Waals surface area contributed by atoms with Crippen LogP contribution in [-0.4, -0.2) is 50.8 Å². The first-order valence-electron chi connectivity index (χ1n) is 2.96. The van der Waals surface area contributed by atoms with Crippen molar-refractivity contribution >= 4 is 21.7 Å². The molecule has 0 heterocycles. The van der Waals surface area contributed by atoms with E-state index in [0.717, 1.165) is 7.11 Å². The number of hydrogen-bond donors (Lipinski definition) is 1. The molecule has 0 fully saturated rings. The second kappa shape index (κ2) is 4.02. The summed E-state index contributed by atoms with van der Waals surface area (Å²) in [4.78, 5) is 11.1. The van der Waals surface area contributed by atoms with Gasteiger partial charge in [0.05, 0.1) is 12.6 Å². The number of methoxy groups -OCH3 is 1. The molecule has 1 N–H and O–H groups in total. The zero-order chi connectivity index (χ0) is 9.78. The van der Waals surface area contributed by atoms with Crippen LogP contribution in [0.1, 0.15) is 0 Å². The molecule has 0 aromatic heterocycles. The average Bonchev–Trinajstić information content (AvgIpc) is 1.97. The summed E-state index contributed by atoms with van der Waals surface area (Å²) in [5, 5.41) is 17.2. The lowest BCUT2D eigenvalue weighted by molar-refractivity contribution is -0.142. The molecule has 0 saturated carbocycles. The maximum Gasteiger partial charge on any atom is 0.326 e. The van der Waals surface area contributed by atoms with Crippen LogP contribution in [0.4, 0.5) is 0 Å². The molecule has 60 valence electrons. The lowest BCUT2D eigenvalue weighted by Crippen LogP contribution is -2.49. The zero-order valence-electron chi connectivity index (χ0n) is 6.52. The third-order valence-corrected chi connectivity index (χ3v) is 1.07. The van der Waals surface area contributed by atoms with E-state index in [1.54, 1.807) is 0 Å². The average molecular weight is 164 g/mol. The van der Waals surface area contributed by atoms with Crippen molar-refractivity contribution in [2.75, 3.05) is 13.7 Å². The second-order valence-electron chi connectivity index (χ2n) is 2.05. The van der Waals surface area contributed by atoms with Crippen LogP contribution in [0.5, 0.6) is 0 Å². The Morgan fingerprint density at radius 2 is 2.33 bits per heavy atom. The molecule has 5 nitrogen and oxygen atoms in total. The van der Waals surface area contributed by atoms with Gasteiger partial charge in [-0.3, -0.25) is 9.69 Å². The van der Waals surface area contributed by atoms with Crippen LogP contribution in [-0.2, 0) is 9.53 Å². The highest BCUT2D eigenvalue weighted by molar-refractivity contribution is 6.38. The Balaban J connectivity index is 4.22.